The first-order valence-corrected chi connectivity index (χ1v) is 9.71. The third-order valence-corrected chi connectivity index (χ3v) is 5.17. The number of amides is 1. The van der Waals surface area contributed by atoms with Crippen LogP contribution in [0, 0.1) is 6.92 Å². The first-order valence-electron chi connectivity index (χ1n) is 9.33. The maximum Gasteiger partial charge on any atom is 0.259 e. The molecule has 3 rings (SSSR count). The highest BCUT2D eigenvalue weighted by Gasteiger charge is 2.28. The Morgan fingerprint density at radius 1 is 1.22 bits per heavy atom. The largest absolute Gasteiger partial charge is 0.360 e. The van der Waals surface area contributed by atoms with E-state index in [1.165, 1.54) is 5.57 Å². The number of allylic oxidation sites excluding steroid dienone is 1. The molecule has 1 amide bonds. The summed E-state index contributed by atoms with van der Waals surface area (Å²) in [4.78, 5) is 17.6. The van der Waals surface area contributed by atoms with Crippen LogP contribution in [0.1, 0.15) is 36.4 Å². The lowest BCUT2D eigenvalue weighted by molar-refractivity contribution is 0.0761. The van der Waals surface area contributed by atoms with Crippen molar-refractivity contribution in [1.82, 2.24) is 15.0 Å². The summed E-state index contributed by atoms with van der Waals surface area (Å²) in [5.41, 5.74) is 3.07. The molecule has 27 heavy (non-hydrogen) atoms. The van der Waals surface area contributed by atoms with Gasteiger partial charge in [-0.25, -0.2) is 0 Å². The lowest BCUT2D eigenvalue weighted by Crippen LogP contribution is -2.35. The average Bonchev–Trinajstić information content (AvgIpc) is 2.87. The third kappa shape index (κ3) is 4.60. The Hall–Kier alpha value is -2.11. The molecule has 0 saturated carbocycles. The molecule has 1 aliphatic rings. The van der Waals surface area contributed by atoms with Crippen LogP contribution in [-0.2, 0) is 0 Å². The zero-order valence-corrected chi connectivity index (χ0v) is 16.9. The smallest absolute Gasteiger partial charge is 0.259 e. The van der Waals surface area contributed by atoms with E-state index in [2.05, 4.69) is 30.0 Å². The second-order valence-corrected chi connectivity index (χ2v) is 7.58. The van der Waals surface area contributed by atoms with Crippen molar-refractivity contribution >= 4 is 17.5 Å². The van der Waals surface area contributed by atoms with Crippen molar-refractivity contribution in [2.75, 3.05) is 32.7 Å². The maximum absolute atomic E-state index is 13.3. The molecular weight excluding hydrogens is 362 g/mol. The van der Waals surface area contributed by atoms with Crippen LogP contribution in [0.25, 0.3) is 11.3 Å². The van der Waals surface area contributed by atoms with Crippen LogP contribution in [0.2, 0.25) is 5.02 Å². The molecule has 6 heteroatoms. The van der Waals surface area contributed by atoms with Crippen molar-refractivity contribution in [2.24, 2.45) is 0 Å². The third-order valence-electron chi connectivity index (χ3n) is 4.84. The lowest BCUT2D eigenvalue weighted by atomic mass is 10.0. The molecule has 0 aliphatic carbocycles. The standard InChI is InChI=1S/C21H26ClN3O2/c1-15(2)9-12-24-10-6-11-25(14-13-24)21(26)19-16(3)27-23-20(19)17-7-4-5-8-18(17)22/h4-5,7-9H,6,10-14H2,1-3H3. The molecule has 1 aromatic carbocycles. The molecule has 0 atom stereocenters. The van der Waals surface area contributed by atoms with Gasteiger partial charge in [-0.3, -0.25) is 9.69 Å². The Kier molecular flexibility index (Phi) is 6.34. The summed E-state index contributed by atoms with van der Waals surface area (Å²) < 4.78 is 5.36. The van der Waals surface area contributed by atoms with Gasteiger partial charge in [0.1, 0.15) is 17.0 Å². The van der Waals surface area contributed by atoms with E-state index in [4.69, 9.17) is 16.1 Å². The normalized spacial score (nSPS) is 15.5. The molecule has 2 aromatic rings. The van der Waals surface area contributed by atoms with Gasteiger partial charge in [-0.2, -0.15) is 0 Å². The number of aromatic nitrogens is 1. The summed E-state index contributed by atoms with van der Waals surface area (Å²) in [6, 6.07) is 7.39. The summed E-state index contributed by atoms with van der Waals surface area (Å²) in [6.45, 7) is 10.2. The van der Waals surface area contributed by atoms with Gasteiger partial charge in [-0.15, -0.1) is 0 Å². The number of hydrogen-bond acceptors (Lipinski definition) is 4. The first kappa shape index (κ1) is 19.6. The van der Waals surface area contributed by atoms with Gasteiger partial charge in [-0.05, 0) is 33.3 Å². The Labute approximate surface area is 165 Å². The minimum atomic E-state index is -0.0345. The fourth-order valence-corrected chi connectivity index (χ4v) is 3.51. The Morgan fingerprint density at radius 2 is 2.00 bits per heavy atom. The molecular formula is C21H26ClN3O2. The van der Waals surface area contributed by atoms with Crippen LogP contribution >= 0.6 is 11.6 Å². The number of carbonyl (C=O) groups excluding carboxylic acids is 1. The number of nitrogens with zero attached hydrogens (tertiary/aromatic N) is 3. The van der Waals surface area contributed by atoms with Gasteiger partial charge in [-0.1, -0.05) is 46.6 Å². The quantitative estimate of drug-likeness (QED) is 0.729. The van der Waals surface area contributed by atoms with Crippen LogP contribution in [0.3, 0.4) is 0 Å². The maximum atomic E-state index is 13.3. The Balaban J connectivity index is 1.80. The van der Waals surface area contributed by atoms with Crippen LogP contribution < -0.4 is 0 Å². The fourth-order valence-electron chi connectivity index (χ4n) is 3.29. The summed E-state index contributed by atoms with van der Waals surface area (Å²) in [5.74, 6) is 0.494. The van der Waals surface area contributed by atoms with Crippen LogP contribution in [0.4, 0.5) is 0 Å². The zero-order chi connectivity index (χ0) is 19.4. The van der Waals surface area contributed by atoms with E-state index < -0.39 is 0 Å². The van der Waals surface area contributed by atoms with Crippen LogP contribution in [0.15, 0.2) is 40.4 Å². The molecule has 2 heterocycles. The highest BCUT2D eigenvalue weighted by molar-refractivity contribution is 6.33. The Morgan fingerprint density at radius 3 is 2.74 bits per heavy atom. The number of carbonyl (C=O) groups is 1. The van der Waals surface area contributed by atoms with E-state index >= 15 is 0 Å². The molecule has 5 nitrogen and oxygen atoms in total. The summed E-state index contributed by atoms with van der Waals surface area (Å²) >= 11 is 6.32. The second-order valence-electron chi connectivity index (χ2n) is 7.17. The second kappa shape index (κ2) is 8.72. The molecule has 0 radical (unpaired) electrons. The van der Waals surface area contributed by atoms with E-state index in [0.29, 0.717) is 28.6 Å². The minimum absolute atomic E-state index is 0.0345. The van der Waals surface area contributed by atoms with E-state index in [1.807, 2.05) is 23.1 Å². The van der Waals surface area contributed by atoms with Gasteiger partial charge >= 0.3 is 0 Å². The van der Waals surface area contributed by atoms with E-state index in [1.54, 1.807) is 13.0 Å². The molecule has 1 aliphatic heterocycles. The van der Waals surface area contributed by atoms with Gasteiger partial charge in [0, 0.05) is 38.3 Å². The summed E-state index contributed by atoms with van der Waals surface area (Å²) in [5, 5.41) is 4.68. The molecule has 0 spiro atoms. The number of hydrogen-bond donors (Lipinski definition) is 0. The summed E-state index contributed by atoms with van der Waals surface area (Å²) in [6.07, 6.45) is 3.19. The molecule has 0 N–H and O–H groups in total. The molecule has 1 fully saturated rings. The number of benzene rings is 1. The predicted octanol–water partition coefficient (Wildman–Crippen LogP) is 4.42. The van der Waals surface area contributed by atoms with Crippen molar-refractivity contribution in [3.63, 3.8) is 0 Å². The number of rotatable bonds is 4. The van der Waals surface area contributed by atoms with E-state index in [-0.39, 0.29) is 5.91 Å². The topological polar surface area (TPSA) is 49.6 Å². The molecule has 1 aromatic heterocycles. The highest BCUT2D eigenvalue weighted by atomic mass is 35.5. The predicted molar refractivity (Wildman–Crippen MR) is 108 cm³/mol. The molecule has 0 bridgehead atoms. The fraction of sp³-hybridized carbons (Fsp3) is 0.429. The van der Waals surface area contributed by atoms with Gasteiger partial charge < -0.3 is 9.42 Å². The van der Waals surface area contributed by atoms with E-state index in [0.717, 1.165) is 38.2 Å². The van der Waals surface area contributed by atoms with Crippen molar-refractivity contribution < 1.29 is 9.32 Å². The summed E-state index contributed by atoms with van der Waals surface area (Å²) in [7, 11) is 0. The zero-order valence-electron chi connectivity index (χ0n) is 16.2. The highest BCUT2D eigenvalue weighted by Crippen LogP contribution is 2.31. The first-order chi connectivity index (χ1) is 13.0. The van der Waals surface area contributed by atoms with Crippen molar-refractivity contribution in [3.8, 4) is 11.3 Å². The van der Waals surface area contributed by atoms with Gasteiger partial charge in [0.15, 0.2) is 0 Å². The van der Waals surface area contributed by atoms with Crippen molar-refractivity contribution in [3.05, 3.63) is 52.3 Å². The van der Waals surface area contributed by atoms with Crippen molar-refractivity contribution in [2.45, 2.75) is 27.2 Å². The van der Waals surface area contributed by atoms with E-state index in [9.17, 15) is 4.79 Å². The monoisotopic (exact) mass is 387 g/mol. The molecule has 0 unspecified atom stereocenters. The van der Waals surface area contributed by atoms with Crippen molar-refractivity contribution in [1.29, 1.82) is 0 Å². The minimum Gasteiger partial charge on any atom is -0.360 e. The van der Waals surface area contributed by atoms with Crippen LogP contribution in [0.5, 0.6) is 0 Å². The van der Waals surface area contributed by atoms with Crippen LogP contribution in [-0.4, -0.2) is 53.6 Å². The SMILES string of the molecule is CC(C)=CCN1CCCN(C(=O)c2c(-c3ccccc3Cl)noc2C)CC1. The van der Waals surface area contributed by atoms with Gasteiger partial charge in [0.05, 0.1) is 5.02 Å². The average molecular weight is 388 g/mol. The molecule has 1 saturated heterocycles. The number of aryl methyl sites for hydroxylation is 1. The molecule has 144 valence electrons. The van der Waals surface area contributed by atoms with Gasteiger partial charge in [0.25, 0.3) is 5.91 Å². The Bertz CT molecular complexity index is 840. The van der Waals surface area contributed by atoms with Gasteiger partial charge in [0.2, 0.25) is 0 Å². The lowest BCUT2D eigenvalue weighted by Gasteiger charge is -2.21. The number of halogens is 1.